The van der Waals surface area contributed by atoms with Crippen LogP contribution in [0.25, 0.3) is 0 Å². The Kier molecular flexibility index (Phi) is 6.07. The summed E-state index contributed by atoms with van der Waals surface area (Å²) in [5.41, 5.74) is 10.9. The normalized spacial score (nSPS) is 19.4. The number of pyridine rings is 1. The second-order valence-corrected chi connectivity index (χ2v) is 9.40. The van der Waals surface area contributed by atoms with Gasteiger partial charge in [0.05, 0.1) is 35.9 Å². The summed E-state index contributed by atoms with van der Waals surface area (Å²) in [6.07, 6.45) is 2.25. The largest absolute Gasteiger partial charge is 0.497 e. The van der Waals surface area contributed by atoms with Crippen LogP contribution < -0.4 is 15.9 Å². The van der Waals surface area contributed by atoms with Crippen molar-refractivity contribution >= 4 is 23.3 Å². The molecule has 2 heterocycles. The second kappa shape index (κ2) is 8.84. The fourth-order valence-corrected chi connectivity index (χ4v) is 4.71. The lowest BCUT2D eigenvalue weighted by molar-refractivity contribution is -0.118. The quantitative estimate of drug-likeness (QED) is 0.642. The fourth-order valence-electron chi connectivity index (χ4n) is 4.51. The molecule has 0 fully saturated rings. The van der Waals surface area contributed by atoms with Crippen molar-refractivity contribution in [2.45, 2.75) is 32.6 Å². The zero-order chi connectivity index (χ0) is 24.6. The Morgan fingerprint density at radius 1 is 1.32 bits per heavy atom. The molecule has 3 N–H and O–H groups in total. The molecule has 1 aromatic heterocycles. The molecule has 1 amide bonds. The topological polar surface area (TPSA) is 121 Å². The maximum absolute atomic E-state index is 13.5. The first-order chi connectivity index (χ1) is 16.2. The number of benzene rings is 1. The number of ketones is 1. The minimum atomic E-state index is -0.672. The summed E-state index contributed by atoms with van der Waals surface area (Å²) < 4.78 is 5.35. The lowest BCUT2D eigenvalue weighted by Gasteiger charge is -2.43. The molecule has 1 aliphatic heterocycles. The minimum Gasteiger partial charge on any atom is -0.497 e. The van der Waals surface area contributed by atoms with Crippen LogP contribution in [0.1, 0.15) is 48.5 Å². The van der Waals surface area contributed by atoms with Crippen molar-refractivity contribution in [3.05, 3.63) is 81.5 Å². The summed E-state index contributed by atoms with van der Waals surface area (Å²) >= 11 is 6.10. The maximum Gasteiger partial charge on any atom is 0.273 e. The molecule has 4 rings (SSSR count). The first-order valence-electron chi connectivity index (χ1n) is 10.7. The number of hydrogen-bond acceptors (Lipinski definition) is 7. The van der Waals surface area contributed by atoms with Gasteiger partial charge < -0.3 is 10.5 Å². The van der Waals surface area contributed by atoms with Gasteiger partial charge in [0.1, 0.15) is 16.7 Å². The van der Waals surface area contributed by atoms with Crippen molar-refractivity contribution in [1.29, 1.82) is 5.26 Å². The summed E-state index contributed by atoms with van der Waals surface area (Å²) in [6, 6.07) is 12.5. The molecule has 1 atom stereocenters. The first-order valence-corrected chi connectivity index (χ1v) is 11.1. The Balaban J connectivity index is 1.88. The molecule has 8 nitrogen and oxygen atoms in total. The molecule has 2 aromatic rings. The van der Waals surface area contributed by atoms with Gasteiger partial charge >= 0.3 is 0 Å². The Hall–Kier alpha value is -3.83. The van der Waals surface area contributed by atoms with Crippen LogP contribution in [-0.4, -0.2) is 28.8 Å². The first kappa shape index (κ1) is 23.3. The number of carbonyl (C=O) groups excluding carboxylic acids is 2. The number of ether oxygens (including phenoxy) is 1. The van der Waals surface area contributed by atoms with Crippen molar-refractivity contribution < 1.29 is 14.3 Å². The number of amides is 1. The van der Waals surface area contributed by atoms with E-state index in [0.717, 1.165) is 0 Å². The Labute approximate surface area is 202 Å². The number of allylic oxidation sites excluding steroid dienone is 3. The number of halogens is 1. The van der Waals surface area contributed by atoms with Crippen molar-refractivity contribution in [3.63, 3.8) is 0 Å². The van der Waals surface area contributed by atoms with Gasteiger partial charge in [0.2, 0.25) is 0 Å². The van der Waals surface area contributed by atoms with Crippen molar-refractivity contribution in [1.82, 2.24) is 15.4 Å². The van der Waals surface area contributed by atoms with Gasteiger partial charge in [-0.3, -0.25) is 15.0 Å². The molecular weight excluding hydrogens is 454 g/mol. The SMILES string of the molecule is COc1cccc(C2C(C#N)=C(N)N(NC(=O)c3cccnc3Cl)C3=C2C(=O)CC(C)(C)C3)c1. The fraction of sp³-hybridized carbons (Fsp3) is 0.280. The van der Waals surface area contributed by atoms with E-state index < -0.39 is 11.8 Å². The zero-order valence-electron chi connectivity index (χ0n) is 19.1. The summed E-state index contributed by atoms with van der Waals surface area (Å²) in [7, 11) is 1.55. The average molecular weight is 478 g/mol. The number of carbonyl (C=O) groups is 2. The van der Waals surface area contributed by atoms with Crippen molar-refractivity contribution in [2.75, 3.05) is 7.11 Å². The third-order valence-electron chi connectivity index (χ3n) is 6.03. The molecule has 0 radical (unpaired) electrons. The molecule has 0 saturated heterocycles. The molecule has 1 aromatic carbocycles. The summed E-state index contributed by atoms with van der Waals surface area (Å²) in [4.78, 5) is 30.5. The van der Waals surface area contributed by atoms with Crippen LogP contribution in [0.4, 0.5) is 0 Å². The van der Waals surface area contributed by atoms with Crippen LogP contribution in [-0.2, 0) is 4.79 Å². The van der Waals surface area contributed by atoms with Gasteiger partial charge in [0.15, 0.2) is 5.78 Å². The van der Waals surface area contributed by atoms with Crippen LogP contribution in [0, 0.1) is 16.7 Å². The van der Waals surface area contributed by atoms with Crippen molar-refractivity contribution in [3.8, 4) is 11.8 Å². The van der Waals surface area contributed by atoms with Gasteiger partial charge in [-0.1, -0.05) is 37.6 Å². The van der Waals surface area contributed by atoms with Gasteiger partial charge in [-0.05, 0) is 41.7 Å². The van der Waals surface area contributed by atoms with Gasteiger partial charge in [-0.15, -0.1) is 0 Å². The van der Waals surface area contributed by atoms with E-state index in [0.29, 0.717) is 35.4 Å². The number of Topliss-reactive ketones (excluding diaryl/α,β-unsaturated/α-hetero) is 1. The Morgan fingerprint density at radius 3 is 2.76 bits per heavy atom. The van der Waals surface area contributed by atoms with Crippen LogP contribution in [0.2, 0.25) is 5.15 Å². The van der Waals surface area contributed by atoms with Crippen LogP contribution in [0.5, 0.6) is 5.75 Å². The number of methoxy groups -OCH3 is 1. The molecule has 0 saturated carbocycles. The lowest BCUT2D eigenvalue weighted by atomic mass is 9.69. The molecule has 174 valence electrons. The number of hydrazine groups is 1. The highest BCUT2D eigenvalue weighted by molar-refractivity contribution is 6.32. The molecule has 9 heteroatoms. The van der Waals surface area contributed by atoms with Crippen LogP contribution in [0.3, 0.4) is 0 Å². The van der Waals surface area contributed by atoms with E-state index in [1.807, 2.05) is 19.9 Å². The average Bonchev–Trinajstić information content (AvgIpc) is 2.80. The van der Waals surface area contributed by atoms with Gasteiger partial charge in [0.25, 0.3) is 5.91 Å². The highest BCUT2D eigenvalue weighted by Gasteiger charge is 2.45. The number of nitrogens with zero attached hydrogens (tertiary/aromatic N) is 3. The third kappa shape index (κ3) is 4.11. The van der Waals surface area contributed by atoms with E-state index in [1.165, 1.54) is 17.3 Å². The number of nitriles is 1. The highest BCUT2D eigenvalue weighted by atomic mass is 35.5. The van der Waals surface area contributed by atoms with E-state index in [2.05, 4.69) is 16.5 Å². The monoisotopic (exact) mass is 477 g/mol. The van der Waals surface area contributed by atoms with E-state index in [4.69, 9.17) is 22.1 Å². The molecule has 0 spiro atoms. The summed E-state index contributed by atoms with van der Waals surface area (Å²) in [5.74, 6) is -0.679. The maximum atomic E-state index is 13.5. The third-order valence-corrected chi connectivity index (χ3v) is 6.33. The number of aromatic nitrogens is 1. The molecule has 1 unspecified atom stereocenters. The van der Waals surface area contributed by atoms with E-state index in [1.54, 1.807) is 31.4 Å². The van der Waals surface area contributed by atoms with Gasteiger partial charge in [-0.2, -0.15) is 5.26 Å². The number of rotatable bonds is 4. The summed E-state index contributed by atoms with van der Waals surface area (Å²) in [5, 5.41) is 11.5. The van der Waals surface area contributed by atoms with Crippen LogP contribution >= 0.6 is 11.6 Å². The number of nitrogens with two attached hydrogens (primary N) is 1. The summed E-state index contributed by atoms with van der Waals surface area (Å²) in [6.45, 7) is 3.96. The second-order valence-electron chi connectivity index (χ2n) is 9.04. The standard InChI is InChI=1S/C25H24ClN5O3/c1-25(2)11-18-21(19(32)12-25)20(14-6-4-7-15(10-14)34-3)17(13-27)23(28)31(18)30-24(33)16-8-5-9-29-22(16)26/h4-10,20H,11-12,28H2,1-3H3,(H,30,33). The zero-order valence-corrected chi connectivity index (χ0v) is 19.8. The number of hydrogen-bond donors (Lipinski definition) is 2. The van der Waals surface area contributed by atoms with Crippen molar-refractivity contribution in [2.24, 2.45) is 11.1 Å². The Morgan fingerprint density at radius 2 is 2.09 bits per heavy atom. The van der Waals surface area contributed by atoms with Gasteiger partial charge in [-0.25, -0.2) is 9.99 Å². The van der Waals surface area contributed by atoms with E-state index in [9.17, 15) is 14.9 Å². The predicted octanol–water partition coefficient (Wildman–Crippen LogP) is 3.82. The molecule has 2 aliphatic rings. The van der Waals surface area contributed by atoms with E-state index in [-0.39, 0.29) is 33.3 Å². The number of nitrogens with one attached hydrogen (secondary N) is 1. The Bertz CT molecular complexity index is 1290. The van der Waals surface area contributed by atoms with Crippen LogP contribution in [0.15, 0.2) is 65.3 Å². The van der Waals surface area contributed by atoms with Gasteiger partial charge in [0, 0.05) is 18.2 Å². The molecule has 0 bridgehead atoms. The molecule has 1 aliphatic carbocycles. The smallest absolute Gasteiger partial charge is 0.273 e. The highest BCUT2D eigenvalue weighted by Crippen LogP contribution is 2.48. The lowest BCUT2D eigenvalue weighted by Crippen LogP contribution is -2.50. The molecule has 34 heavy (non-hydrogen) atoms. The predicted molar refractivity (Wildman–Crippen MR) is 126 cm³/mol. The van der Waals surface area contributed by atoms with E-state index >= 15 is 0 Å². The minimum absolute atomic E-state index is 0.0311. The molecular formula is C25H24ClN5O3.